The molecule has 0 radical (unpaired) electrons. The lowest BCUT2D eigenvalue weighted by Gasteiger charge is -2.11. The van der Waals surface area contributed by atoms with Gasteiger partial charge in [-0.1, -0.05) is 0 Å². The van der Waals surface area contributed by atoms with E-state index in [1.165, 1.54) is 0 Å². The first-order chi connectivity index (χ1) is 8.30. The Kier molecular flexibility index (Phi) is 3.69. The minimum absolute atomic E-state index is 0.0345. The van der Waals surface area contributed by atoms with Gasteiger partial charge in [0.25, 0.3) is 0 Å². The van der Waals surface area contributed by atoms with E-state index in [9.17, 15) is 28.1 Å². The zero-order valence-electron chi connectivity index (χ0n) is 8.72. The van der Waals surface area contributed by atoms with Crippen molar-refractivity contribution in [2.24, 2.45) is 0 Å². The normalized spacial score (nSPS) is 10.9. The average Bonchev–Trinajstić information content (AvgIpc) is 2.25. The minimum Gasteiger partial charge on any atom is -0.492 e. The Morgan fingerprint density at radius 2 is 2.11 bits per heavy atom. The largest absolute Gasteiger partial charge is 0.573 e. The van der Waals surface area contributed by atoms with Crippen molar-refractivity contribution >= 4 is 12.1 Å². The molecule has 0 fully saturated rings. The van der Waals surface area contributed by atoms with Crippen molar-refractivity contribution in [2.75, 3.05) is 7.11 Å². The van der Waals surface area contributed by atoms with Gasteiger partial charge in [-0.2, -0.15) is 0 Å². The predicted molar refractivity (Wildman–Crippen MR) is 49.5 cm³/mol. The maximum absolute atomic E-state index is 12.0. The maximum Gasteiger partial charge on any atom is 0.573 e. The molecule has 0 saturated heterocycles. The molecule has 1 aromatic heterocycles. The molecule has 98 valence electrons. The molecule has 0 spiro atoms. The summed E-state index contributed by atoms with van der Waals surface area (Å²) in [5.41, 5.74) is -0.732. The highest BCUT2D eigenvalue weighted by molar-refractivity contribution is 5.85. The number of methoxy groups -OCH3 is 1. The van der Waals surface area contributed by atoms with Gasteiger partial charge in [-0.25, -0.2) is 0 Å². The molecule has 0 unspecified atom stereocenters. The Hall–Kier alpha value is -2.39. The number of ether oxygens (including phenoxy) is 2. The molecule has 0 amide bonds. The van der Waals surface area contributed by atoms with Gasteiger partial charge >= 0.3 is 12.2 Å². The Morgan fingerprint density at radius 3 is 2.50 bits per heavy atom. The van der Waals surface area contributed by atoms with Crippen molar-refractivity contribution in [3.8, 4) is 11.5 Å². The second-order valence-corrected chi connectivity index (χ2v) is 2.82. The third kappa shape index (κ3) is 2.84. The Morgan fingerprint density at radius 1 is 1.50 bits per heavy atom. The first kappa shape index (κ1) is 13.7. The predicted octanol–water partition coefficient (Wildman–Crippen LogP) is 1.71. The summed E-state index contributed by atoms with van der Waals surface area (Å²) >= 11 is 0. The van der Waals surface area contributed by atoms with E-state index < -0.39 is 34.2 Å². The quantitative estimate of drug-likeness (QED) is 0.468. The maximum atomic E-state index is 12.0. The van der Waals surface area contributed by atoms with Gasteiger partial charge in [-0.15, -0.1) is 13.2 Å². The van der Waals surface area contributed by atoms with Gasteiger partial charge in [0.05, 0.1) is 7.11 Å². The topological polar surface area (TPSA) is 91.6 Å². The summed E-state index contributed by atoms with van der Waals surface area (Å²) in [5.74, 6) is -2.56. The standard InChI is InChI=1S/C8H5F3N2O5/c1-17-6-4(3-14)7(13(15)16)12-2-5(6)18-8(9,10)11/h2-3H,1H3. The fourth-order valence-corrected chi connectivity index (χ4v) is 1.14. The van der Waals surface area contributed by atoms with E-state index in [4.69, 9.17) is 0 Å². The number of hydrogen-bond acceptors (Lipinski definition) is 6. The van der Waals surface area contributed by atoms with Crippen LogP contribution in [0.15, 0.2) is 6.20 Å². The van der Waals surface area contributed by atoms with Gasteiger partial charge in [-0.3, -0.25) is 4.79 Å². The van der Waals surface area contributed by atoms with Crippen molar-refractivity contribution < 1.29 is 32.4 Å². The van der Waals surface area contributed by atoms with Crippen LogP contribution >= 0.6 is 0 Å². The molecule has 10 heteroatoms. The zero-order chi connectivity index (χ0) is 13.9. The number of alkyl halides is 3. The molecule has 0 atom stereocenters. The van der Waals surface area contributed by atoms with Crippen LogP contribution in [0.3, 0.4) is 0 Å². The summed E-state index contributed by atoms with van der Waals surface area (Å²) in [4.78, 5) is 23.3. The number of pyridine rings is 1. The molecule has 1 aromatic rings. The SMILES string of the molecule is COc1c(OC(F)(F)F)cnc([N+](=O)[O-])c1C=O. The zero-order valence-corrected chi connectivity index (χ0v) is 8.72. The summed E-state index contributed by atoms with van der Waals surface area (Å²) in [6.45, 7) is 0. The van der Waals surface area contributed by atoms with E-state index in [0.717, 1.165) is 7.11 Å². The highest BCUT2D eigenvalue weighted by atomic mass is 19.4. The number of hydrogen-bond donors (Lipinski definition) is 0. The number of carbonyl (C=O) groups is 1. The molecule has 0 aliphatic carbocycles. The van der Waals surface area contributed by atoms with Crippen LogP contribution in [-0.4, -0.2) is 29.7 Å². The molecule has 0 aromatic carbocycles. The van der Waals surface area contributed by atoms with Crippen LogP contribution in [-0.2, 0) is 0 Å². The van der Waals surface area contributed by atoms with Crippen LogP contribution in [0.1, 0.15) is 10.4 Å². The van der Waals surface area contributed by atoms with Crippen molar-refractivity contribution in [1.29, 1.82) is 0 Å². The van der Waals surface area contributed by atoms with Crippen molar-refractivity contribution in [2.45, 2.75) is 6.36 Å². The Balaban J connectivity index is 3.39. The molecule has 18 heavy (non-hydrogen) atoms. The number of rotatable bonds is 4. The fraction of sp³-hybridized carbons (Fsp3) is 0.250. The van der Waals surface area contributed by atoms with E-state index in [1.807, 2.05) is 0 Å². The summed E-state index contributed by atoms with van der Waals surface area (Å²) in [6, 6.07) is 0. The number of halogens is 3. The highest BCUT2D eigenvalue weighted by Gasteiger charge is 2.35. The van der Waals surface area contributed by atoms with Crippen LogP contribution in [0.25, 0.3) is 0 Å². The molecule has 0 bridgehead atoms. The molecule has 0 saturated carbocycles. The Bertz CT molecular complexity index is 488. The minimum atomic E-state index is -5.04. The number of nitro groups is 1. The van der Waals surface area contributed by atoms with E-state index >= 15 is 0 Å². The number of aromatic nitrogens is 1. The monoisotopic (exact) mass is 266 g/mol. The van der Waals surface area contributed by atoms with Crippen LogP contribution in [0, 0.1) is 10.1 Å². The van der Waals surface area contributed by atoms with Gasteiger partial charge in [0.1, 0.15) is 0 Å². The molecule has 1 heterocycles. The van der Waals surface area contributed by atoms with E-state index in [2.05, 4.69) is 14.5 Å². The lowest BCUT2D eigenvalue weighted by molar-refractivity contribution is -0.389. The van der Waals surface area contributed by atoms with Crippen molar-refractivity contribution in [3.05, 3.63) is 21.9 Å². The van der Waals surface area contributed by atoms with Gasteiger partial charge < -0.3 is 19.6 Å². The van der Waals surface area contributed by atoms with Gasteiger partial charge in [-0.05, 0) is 9.91 Å². The number of nitrogens with zero attached hydrogens (tertiary/aromatic N) is 2. The smallest absolute Gasteiger partial charge is 0.492 e. The first-order valence-electron chi connectivity index (χ1n) is 4.22. The summed E-state index contributed by atoms with van der Waals surface area (Å²) in [6.07, 6.45) is -4.62. The second kappa shape index (κ2) is 4.85. The molecule has 1 rings (SSSR count). The molecule has 0 aliphatic rings. The van der Waals surface area contributed by atoms with Gasteiger partial charge in [0, 0.05) is 0 Å². The highest BCUT2D eigenvalue weighted by Crippen LogP contribution is 2.36. The number of aldehydes is 1. The number of carbonyl (C=O) groups excluding carboxylic acids is 1. The lowest BCUT2D eigenvalue weighted by Crippen LogP contribution is -2.18. The molecular formula is C8H5F3N2O5. The van der Waals surface area contributed by atoms with E-state index in [1.54, 1.807) is 0 Å². The molecule has 0 N–H and O–H groups in total. The summed E-state index contributed by atoms with van der Waals surface area (Å²) in [5, 5.41) is 10.5. The van der Waals surface area contributed by atoms with Crippen LogP contribution in [0.2, 0.25) is 0 Å². The third-order valence-corrected chi connectivity index (χ3v) is 1.73. The Labute approximate surface area is 97.3 Å². The lowest BCUT2D eigenvalue weighted by atomic mass is 10.2. The van der Waals surface area contributed by atoms with Gasteiger partial charge in [0.15, 0.2) is 23.8 Å². The van der Waals surface area contributed by atoms with Crippen molar-refractivity contribution in [3.63, 3.8) is 0 Å². The summed E-state index contributed by atoms with van der Waals surface area (Å²) < 4.78 is 44.1. The van der Waals surface area contributed by atoms with Crippen LogP contribution < -0.4 is 9.47 Å². The van der Waals surface area contributed by atoms with Crippen LogP contribution in [0.4, 0.5) is 19.0 Å². The second-order valence-electron chi connectivity index (χ2n) is 2.82. The van der Waals surface area contributed by atoms with Gasteiger partial charge in [0.2, 0.25) is 5.75 Å². The summed E-state index contributed by atoms with van der Waals surface area (Å²) in [7, 11) is 0.940. The van der Waals surface area contributed by atoms with E-state index in [-0.39, 0.29) is 6.29 Å². The molecular weight excluding hydrogens is 261 g/mol. The van der Waals surface area contributed by atoms with E-state index in [0.29, 0.717) is 6.20 Å². The fourth-order valence-electron chi connectivity index (χ4n) is 1.14. The van der Waals surface area contributed by atoms with Crippen LogP contribution in [0.5, 0.6) is 11.5 Å². The average molecular weight is 266 g/mol. The molecule has 7 nitrogen and oxygen atoms in total. The first-order valence-corrected chi connectivity index (χ1v) is 4.22. The third-order valence-electron chi connectivity index (χ3n) is 1.73. The molecule has 0 aliphatic heterocycles. The van der Waals surface area contributed by atoms with Crippen molar-refractivity contribution in [1.82, 2.24) is 4.98 Å².